The lowest BCUT2D eigenvalue weighted by Gasteiger charge is -2.15. The van der Waals surface area contributed by atoms with Crippen LogP contribution in [-0.4, -0.2) is 35.0 Å². The number of likely N-dealkylation sites (N-methyl/N-ethyl adjacent to an activating group) is 1. The van der Waals surface area contributed by atoms with Gasteiger partial charge in [0.25, 0.3) is 0 Å². The summed E-state index contributed by atoms with van der Waals surface area (Å²) in [5, 5.41) is 8.60. The number of carbonyl (C=O) groups excluding carboxylic acids is 1. The van der Waals surface area contributed by atoms with Gasteiger partial charge in [-0.2, -0.15) is 0 Å². The van der Waals surface area contributed by atoms with Gasteiger partial charge in [-0.15, -0.1) is 0 Å². The molecular formula is C13H13ClFNO3. The number of hydrogen-bond acceptors (Lipinski definition) is 2. The van der Waals surface area contributed by atoms with E-state index in [4.69, 9.17) is 16.7 Å². The van der Waals surface area contributed by atoms with E-state index in [0.717, 1.165) is 0 Å². The van der Waals surface area contributed by atoms with Gasteiger partial charge in [-0.25, -0.2) is 4.39 Å². The van der Waals surface area contributed by atoms with Crippen molar-refractivity contribution in [1.29, 1.82) is 0 Å². The smallest absolute Gasteiger partial charge is 0.323 e. The Labute approximate surface area is 115 Å². The number of aliphatic carboxylic acids is 1. The molecular weight excluding hydrogens is 273 g/mol. The minimum absolute atomic E-state index is 0.0347. The molecule has 1 N–H and O–H groups in total. The maximum Gasteiger partial charge on any atom is 0.323 e. The molecule has 0 fully saturated rings. The van der Waals surface area contributed by atoms with Gasteiger partial charge in [0, 0.05) is 12.6 Å². The van der Waals surface area contributed by atoms with Crippen LogP contribution in [0.1, 0.15) is 12.5 Å². The largest absolute Gasteiger partial charge is 0.480 e. The Bertz CT molecular complexity index is 517. The lowest BCUT2D eigenvalue weighted by Crippen LogP contribution is -2.34. The molecule has 6 heteroatoms. The van der Waals surface area contributed by atoms with Crippen LogP contribution < -0.4 is 0 Å². The van der Waals surface area contributed by atoms with Gasteiger partial charge in [0.2, 0.25) is 5.91 Å². The van der Waals surface area contributed by atoms with E-state index in [2.05, 4.69) is 0 Å². The van der Waals surface area contributed by atoms with Crippen LogP contribution in [0.5, 0.6) is 0 Å². The van der Waals surface area contributed by atoms with Gasteiger partial charge in [-0.05, 0) is 30.7 Å². The summed E-state index contributed by atoms with van der Waals surface area (Å²) in [7, 11) is 0. The molecule has 0 heterocycles. The van der Waals surface area contributed by atoms with E-state index in [9.17, 15) is 14.0 Å². The Morgan fingerprint density at radius 1 is 1.47 bits per heavy atom. The molecule has 0 aliphatic carbocycles. The van der Waals surface area contributed by atoms with Crippen molar-refractivity contribution >= 4 is 29.6 Å². The highest BCUT2D eigenvalue weighted by molar-refractivity contribution is 6.30. The number of amides is 1. The summed E-state index contributed by atoms with van der Waals surface area (Å²) in [5.74, 6) is -2.04. The van der Waals surface area contributed by atoms with Gasteiger partial charge in [-0.3, -0.25) is 9.59 Å². The van der Waals surface area contributed by atoms with Crippen molar-refractivity contribution in [2.45, 2.75) is 6.92 Å². The topological polar surface area (TPSA) is 57.6 Å². The second kappa shape index (κ2) is 6.89. The maximum atomic E-state index is 12.9. The van der Waals surface area contributed by atoms with Crippen LogP contribution in [0.15, 0.2) is 24.3 Å². The van der Waals surface area contributed by atoms with Crippen molar-refractivity contribution in [3.05, 3.63) is 40.7 Å². The van der Waals surface area contributed by atoms with Crippen molar-refractivity contribution in [3.63, 3.8) is 0 Å². The summed E-state index contributed by atoms with van der Waals surface area (Å²) < 4.78 is 12.9. The van der Waals surface area contributed by atoms with E-state index in [0.29, 0.717) is 12.1 Å². The second-order valence-electron chi connectivity index (χ2n) is 3.75. The molecule has 0 atom stereocenters. The molecule has 0 aliphatic heterocycles. The first-order valence-corrected chi connectivity index (χ1v) is 5.95. The van der Waals surface area contributed by atoms with Crippen LogP contribution in [0.25, 0.3) is 6.08 Å². The molecule has 1 rings (SSSR count). The van der Waals surface area contributed by atoms with E-state index in [-0.39, 0.29) is 11.6 Å². The Morgan fingerprint density at radius 2 is 2.16 bits per heavy atom. The molecule has 0 spiro atoms. The van der Waals surface area contributed by atoms with Gasteiger partial charge in [0.1, 0.15) is 12.4 Å². The van der Waals surface area contributed by atoms with Gasteiger partial charge in [0.15, 0.2) is 0 Å². The number of benzene rings is 1. The third kappa shape index (κ3) is 4.71. The van der Waals surface area contributed by atoms with Gasteiger partial charge >= 0.3 is 5.97 Å². The fraction of sp³-hybridized carbons (Fsp3) is 0.231. The molecule has 0 radical (unpaired) electrons. The van der Waals surface area contributed by atoms with Crippen LogP contribution in [-0.2, 0) is 9.59 Å². The minimum atomic E-state index is -1.08. The standard InChI is InChI=1S/C13H13ClFNO3/c1-2-16(8-13(18)19)12(17)6-4-9-3-5-11(15)10(14)7-9/h3-7H,2,8H2,1H3,(H,18,19)/b6-4+. The normalized spacial score (nSPS) is 10.7. The molecule has 0 saturated heterocycles. The number of rotatable bonds is 5. The zero-order chi connectivity index (χ0) is 14.4. The molecule has 102 valence electrons. The average molecular weight is 286 g/mol. The second-order valence-corrected chi connectivity index (χ2v) is 4.16. The van der Waals surface area contributed by atoms with Crippen LogP contribution in [0, 0.1) is 5.82 Å². The minimum Gasteiger partial charge on any atom is -0.480 e. The lowest BCUT2D eigenvalue weighted by molar-refractivity contribution is -0.142. The van der Waals surface area contributed by atoms with Crippen LogP contribution >= 0.6 is 11.6 Å². The number of halogens is 2. The first kappa shape index (κ1) is 15.2. The molecule has 0 bridgehead atoms. The van der Waals surface area contributed by atoms with Crippen molar-refractivity contribution < 1.29 is 19.1 Å². The Kier molecular flexibility index (Phi) is 5.51. The Balaban J connectivity index is 2.76. The fourth-order valence-corrected chi connectivity index (χ4v) is 1.59. The molecule has 0 aromatic heterocycles. The van der Waals surface area contributed by atoms with Crippen molar-refractivity contribution in [2.75, 3.05) is 13.1 Å². The van der Waals surface area contributed by atoms with Crippen LogP contribution in [0.3, 0.4) is 0 Å². The molecule has 0 unspecified atom stereocenters. The SMILES string of the molecule is CCN(CC(=O)O)C(=O)/C=C/c1ccc(F)c(Cl)c1. The van der Waals surface area contributed by atoms with E-state index < -0.39 is 17.7 Å². The Hall–Kier alpha value is -1.88. The number of carboxylic acids is 1. The highest BCUT2D eigenvalue weighted by Gasteiger charge is 2.11. The van der Waals surface area contributed by atoms with Gasteiger partial charge < -0.3 is 10.0 Å². The van der Waals surface area contributed by atoms with E-state index >= 15 is 0 Å². The molecule has 1 aromatic rings. The van der Waals surface area contributed by atoms with E-state index in [1.807, 2.05) is 0 Å². The van der Waals surface area contributed by atoms with E-state index in [1.165, 1.54) is 35.3 Å². The number of nitrogens with zero attached hydrogens (tertiary/aromatic N) is 1. The third-order valence-electron chi connectivity index (χ3n) is 2.38. The summed E-state index contributed by atoms with van der Waals surface area (Å²) in [6.45, 7) is 1.62. The summed E-state index contributed by atoms with van der Waals surface area (Å²) in [4.78, 5) is 23.4. The molecule has 1 amide bonds. The Morgan fingerprint density at radius 3 is 2.68 bits per heavy atom. The predicted molar refractivity (Wildman–Crippen MR) is 70.3 cm³/mol. The van der Waals surface area contributed by atoms with Crippen molar-refractivity contribution in [1.82, 2.24) is 4.90 Å². The van der Waals surface area contributed by atoms with Crippen LogP contribution in [0.4, 0.5) is 4.39 Å². The maximum absolute atomic E-state index is 12.9. The average Bonchev–Trinajstić information content (AvgIpc) is 2.36. The highest BCUT2D eigenvalue weighted by Crippen LogP contribution is 2.16. The highest BCUT2D eigenvalue weighted by atomic mass is 35.5. The first-order chi connectivity index (χ1) is 8.93. The zero-order valence-electron chi connectivity index (χ0n) is 10.3. The number of carbonyl (C=O) groups is 2. The summed E-state index contributed by atoms with van der Waals surface area (Å²) in [6.07, 6.45) is 2.69. The van der Waals surface area contributed by atoms with Gasteiger partial charge in [0.05, 0.1) is 5.02 Å². The summed E-state index contributed by atoms with van der Waals surface area (Å²) in [5.41, 5.74) is 0.561. The fourth-order valence-electron chi connectivity index (χ4n) is 1.40. The lowest BCUT2D eigenvalue weighted by atomic mass is 10.2. The quantitative estimate of drug-likeness (QED) is 0.845. The third-order valence-corrected chi connectivity index (χ3v) is 2.67. The van der Waals surface area contributed by atoms with E-state index in [1.54, 1.807) is 6.92 Å². The zero-order valence-corrected chi connectivity index (χ0v) is 11.0. The molecule has 0 aliphatic rings. The molecule has 4 nitrogen and oxygen atoms in total. The predicted octanol–water partition coefficient (Wildman–Crippen LogP) is 2.43. The van der Waals surface area contributed by atoms with Gasteiger partial charge in [-0.1, -0.05) is 17.7 Å². The number of carboxylic acid groups (broad SMARTS) is 1. The summed E-state index contributed by atoms with van der Waals surface area (Å²) >= 11 is 5.61. The van der Waals surface area contributed by atoms with Crippen molar-refractivity contribution in [2.24, 2.45) is 0 Å². The number of hydrogen-bond donors (Lipinski definition) is 1. The molecule has 1 aromatic carbocycles. The molecule has 19 heavy (non-hydrogen) atoms. The first-order valence-electron chi connectivity index (χ1n) is 5.58. The van der Waals surface area contributed by atoms with Crippen LogP contribution in [0.2, 0.25) is 5.02 Å². The van der Waals surface area contributed by atoms with Crippen molar-refractivity contribution in [3.8, 4) is 0 Å². The monoisotopic (exact) mass is 285 g/mol. The molecule has 0 saturated carbocycles. The summed E-state index contributed by atoms with van der Waals surface area (Å²) in [6, 6.07) is 4.05.